The van der Waals surface area contributed by atoms with Gasteiger partial charge in [-0.3, -0.25) is 14.5 Å². The zero-order valence-corrected chi connectivity index (χ0v) is 16.7. The van der Waals surface area contributed by atoms with Crippen molar-refractivity contribution < 1.29 is 19.4 Å². The molecule has 150 valence electrons. The van der Waals surface area contributed by atoms with E-state index < -0.39 is 17.7 Å². The number of anilines is 1. The minimum Gasteiger partial charge on any atom is -0.507 e. The Labute approximate surface area is 174 Å². The fourth-order valence-electron chi connectivity index (χ4n) is 3.85. The Morgan fingerprint density at radius 1 is 0.900 bits per heavy atom. The summed E-state index contributed by atoms with van der Waals surface area (Å²) in [6.07, 6.45) is 0. The predicted molar refractivity (Wildman–Crippen MR) is 115 cm³/mol. The summed E-state index contributed by atoms with van der Waals surface area (Å²) in [6, 6.07) is 22.5. The zero-order valence-electron chi connectivity index (χ0n) is 16.7. The van der Waals surface area contributed by atoms with E-state index in [0.29, 0.717) is 22.6 Å². The fourth-order valence-corrected chi connectivity index (χ4v) is 3.85. The number of methoxy groups -OCH3 is 1. The van der Waals surface area contributed by atoms with Gasteiger partial charge >= 0.3 is 0 Å². The maximum Gasteiger partial charge on any atom is 0.300 e. The van der Waals surface area contributed by atoms with Crippen LogP contribution in [0.25, 0.3) is 5.76 Å². The van der Waals surface area contributed by atoms with E-state index in [2.05, 4.69) is 0 Å². The van der Waals surface area contributed by atoms with Gasteiger partial charge in [0.2, 0.25) is 0 Å². The van der Waals surface area contributed by atoms with E-state index in [1.54, 1.807) is 42.5 Å². The Bertz CT molecular complexity index is 1150. The number of hydrogen-bond acceptors (Lipinski definition) is 4. The van der Waals surface area contributed by atoms with Crippen LogP contribution < -0.4 is 9.64 Å². The first-order chi connectivity index (χ1) is 14.5. The number of aliphatic hydroxyl groups excluding tert-OH is 1. The number of aryl methyl sites for hydroxylation is 1. The first-order valence-corrected chi connectivity index (χ1v) is 9.59. The molecule has 0 radical (unpaired) electrons. The van der Waals surface area contributed by atoms with Crippen molar-refractivity contribution in [3.63, 3.8) is 0 Å². The second-order valence-corrected chi connectivity index (χ2v) is 7.06. The van der Waals surface area contributed by atoms with Crippen LogP contribution in [0.5, 0.6) is 5.75 Å². The molecule has 5 nitrogen and oxygen atoms in total. The minimum atomic E-state index is -0.817. The van der Waals surface area contributed by atoms with Gasteiger partial charge in [-0.15, -0.1) is 0 Å². The van der Waals surface area contributed by atoms with Crippen LogP contribution in [-0.4, -0.2) is 23.9 Å². The quantitative estimate of drug-likeness (QED) is 0.395. The highest BCUT2D eigenvalue weighted by atomic mass is 16.5. The summed E-state index contributed by atoms with van der Waals surface area (Å²) in [5.41, 5.74) is 2.60. The molecular weight excluding hydrogens is 378 g/mol. The van der Waals surface area contributed by atoms with Crippen molar-refractivity contribution >= 4 is 23.1 Å². The SMILES string of the molecule is COc1ccccc1C1/C(=C(\O)c2ccccc2)C(=O)C(=O)N1c1ccccc1C. The van der Waals surface area contributed by atoms with Crippen LogP contribution in [0.2, 0.25) is 0 Å². The van der Waals surface area contributed by atoms with Gasteiger partial charge in [-0.25, -0.2) is 0 Å². The number of para-hydroxylation sites is 2. The van der Waals surface area contributed by atoms with Crippen molar-refractivity contribution in [1.29, 1.82) is 0 Å². The van der Waals surface area contributed by atoms with E-state index in [1.165, 1.54) is 12.0 Å². The summed E-state index contributed by atoms with van der Waals surface area (Å²) in [4.78, 5) is 27.8. The maximum atomic E-state index is 13.2. The molecule has 0 aromatic heterocycles. The largest absolute Gasteiger partial charge is 0.507 e. The molecule has 1 amide bonds. The van der Waals surface area contributed by atoms with Crippen molar-refractivity contribution in [2.24, 2.45) is 0 Å². The minimum absolute atomic E-state index is 0.0407. The monoisotopic (exact) mass is 399 g/mol. The van der Waals surface area contributed by atoms with Gasteiger partial charge in [0, 0.05) is 16.8 Å². The van der Waals surface area contributed by atoms with Crippen LogP contribution in [0.15, 0.2) is 84.4 Å². The number of amides is 1. The summed E-state index contributed by atoms with van der Waals surface area (Å²) >= 11 is 0. The van der Waals surface area contributed by atoms with Gasteiger partial charge in [-0.05, 0) is 24.6 Å². The number of nitrogens with zero attached hydrogens (tertiary/aromatic N) is 1. The van der Waals surface area contributed by atoms with Gasteiger partial charge < -0.3 is 9.84 Å². The van der Waals surface area contributed by atoms with Crippen LogP contribution >= 0.6 is 0 Å². The Hall–Kier alpha value is -3.86. The molecule has 1 N–H and O–H groups in total. The Kier molecular flexibility index (Phi) is 5.11. The first-order valence-electron chi connectivity index (χ1n) is 9.59. The number of carbonyl (C=O) groups excluding carboxylic acids is 2. The average molecular weight is 399 g/mol. The number of rotatable bonds is 4. The lowest BCUT2D eigenvalue weighted by Crippen LogP contribution is -2.30. The molecule has 30 heavy (non-hydrogen) atoms. The zero-order chi connectivity index (χ0) is 21.3. The molecular formula is C25H21NO4. The lowest BCUT2D eigenvalue weighted by atomic mass is 9.94. The molecule has 3 aromatic rings. The third-order valence-electron chi connectivity index (χ3n) is 5.30. The van der Waals surface area contributed by atoms with E-state index in [-0.39, 0.29) is 11.3 Å². The molecule has 4 rings (SSSR count). The molecule has 0 aliphatic carbocycles. The number of hydrogen-bond donors (Lipinski definition) is 1. The third-order valence-corrected chi connectivity index (χ3v) is 5.30. The van der Waals surface area contributed by atoms with E-state index >= 15 is 0 Å². The highest BCUT2D eigenvalue weighted by molar-refractivity contribution is 6.51. The molecule has 3 aromatic carbocycles. The average Bonchev–Trinajstić information content (AvgIpc) is 3.04. The van der Waals surface area contributed by atoms with Crippen LogP contribution in [0, 0.1) is 6.92 Å². The van der Waals surface area contributed by atoms with Gasteiger partial charge in [0.25, 0.3) is 11.7 Å². The highest BCUT2D eigenvalue weighted by Crippen LogP contribution is 2.45. The molecule has 1 saturated heterocycles. The van der Waals surface area contributed by atoms with Gasteiger partial charge in [-0.1, -0.05) is 66.7 Å². The van der Waals surface area contributed by atoms with Crippen LogP contribution in [-0.2, 0) is 9.59 Å². The topological polar surface area (TPSA) is 66.8 Å². The molecule has 1 unspecified atom stereocenters. The maximum absolute atomic E-state index is 13.2. The second-order valence-electron chi connectivity index (χ2n) is 7.06. The van der Waals surface area contributed by atoms with Crippen molar-refractivity contribution in [2.45, 2.75) is 13.0 Å². The molecule has 0 saturated carbocycles. The third kappa shape index (κ3) is 3.14. The van der Waals surface area contributed by atoms with Crippen molar-refractivity contribution in [2.75, 3.05) is 12.0 Å². The fraction of sp³-hybridized carbons (Fsp3) is 0.120. The molecule has 1 fully saturated rings. The lowest BCUT2D eigenvalue weighted by molar-refractivity contribution is -0.132. The lowest BCUT2D eigenvalue weighted by Gasteiger charge is -2.27. The number of carbonyl (C=O) groups is 2. The van der Waals surface area contributed by atoms with Crippen molar-refractivity contribution in [3.05, 3.63) is 101 Å². The van der Waals surface area contributed by atoms with Crippen LogP contribution in [0.3, 0.4) is 0 Å². The molecule has 1 atom stereocenters. The predicted octanol–water partition coefficient (Wildman–Crippen LogP) is 4.63. The van der Waals surface area contributed by atoms with Gasteiger partial charge in [0.1, 0.15) is 11.5 Å². The first kappa shape index (κ1) is 19.5. The highest BCUT2D eigenvalue weighted by Gasteiger charge is 2.48. The molecule has 1 heterocycles. The summed E-state index contributed by atoms with van der Waals surface area (Å²) in [6.45, 7) is 1.88. The number of benzene rings is 3. The second kappa shape index (κ2) is 7.87. The van der Waals surface area contributed by atoms with Crippen LogP contribution in [0.4, 0.5) is 5.69 Å². The van der Waals surface area contributed by atoms with Gasteiger partial charge in [0.05, 0.1) is 18.7 Å². The van der Waals surface area contributed by atoms with E-state index in [4.69, 9.17) is 4.74 Å². The van der Waals surface area contributed by atoms with Crippen LogP contribution in [0.1, 0.15) is 22.7 Å². The van der Waals surface area contributed by atoms with E-state index in [9.17, 15) is 14.7 Å². The smallest absolute Gasteiger partial charge is 0.300 e. The van der Waals surface area contributed by atoms with E-state index in [0.717, 1.165) is 5.56 Å². The molecule has 1 aliphatic heterocycles. The Morgan fingerprint density at radius 3 is 2.23 bits per heavy atom. The molecule has 0 spiro atoms. The van der Waals surface area contributed by atoms with E-state index in [1.807, 2.05) is 43.3 Å². The van der Waals surface area contributed by atoms with Gasteiger partial charge in [-0.2, -0.15) is 0 Å². The molecule has 1 aliphatic rings. The summed E-state index contributed by atoms with van der Waals surface area (Å²) in [5.74, 6) is -1.09. The molecule has 0 bridgehead atoms. The van der Waals surface area contributed by atoms with Gasteiger partial charge in [0.15, 0.2) is 0 Å². The molecule has 5 heteroatoms. The number of ether oxygens (including phenoxy) is 1. The standard InChI is InChI=1S/C25H21NO4/c1-16-10-6-8-14-19(16)26-22(18-13-7-9-15-20(18)30-2)21(24(28)25(26)29)23(27)17-11-4-3-5-12-17/h3-15,22,27H,1-2H3/b23-21+. The van der Waals surface area contributed by atoms with Crippen molar-refractivity contribution in [1.82, 2.24) is 0 Å². The van der Waals surface area contributed by atoms with Crippen molar-refractivity contribution in [3.8, 4) is 5.75 Å². The summed E-state index contributed by atoms with van der Waals surface area (Å²) in [5, 5.41) is 11.1. The Balaban J connectivity index is 2.01. The summed E-state index contributed by atoms with van der Waals surface area (Å²) < 4.78 is 5.52. The Morgan fingerprint density at radius 2 is 1.53 bits per heavy atom. The number of aliphatic hydroxyl groups is 1. The normalized spacial score (nSPS) is 17.9. The number of Topliss-reactive ketones (excluding diaryl/α,β-unsaturated/α-hetero) is 1. The summed E-state index contributed by atoms with van der Waals surface area (Å²) in [7, 11) is 1.54. The number of ketones is 1.